The summed E-state index contributed by atoms with van der Waals surface area (Å²) in [6, 6.07) is 3.22. The maximum Gasteiger partial charge on any atom is 0.335 e. The molecule has 10 heteroatoms. The van der Waals surface area contributed by atoms with Gasteiger partial charge in [-0.25, -0.2) is 14.5 Å². The lowest BCUT2D eigenvalue weighted by Gasteiger charge is -2.06. The molecule has 1 aromatic heterocycles. The number of benzene rings is 1. The van der Waals surface area contributed by atoms with E-state index in [9.17, 15) is 19.7 Å². The van der Waals surface area contributed by atoms with Gasteiger partial charge in [0, 0.05) is 6.07 Å². The third-order valence-electron chi connectivity index (χ3n) is 2.49. The van der Waals surface area contributed by atoms with Crippen molar-refractivity contribution in [1.82, 2.24) is 14.8 Å². The molecular weight excluding hydrogens is 282 g/mol. The summed E-state index contributed by atoms with van der Waals surface area (Å²) in [4.78, 5) is 36.3. The first-order valence-corrected chi connectivity index (χ1v) is 5.61. The van der Waals surface area contributed by atoms with E-state index < -0.39 is 22.5 Å². The highest BCUT2D eigenvalue weighted by molar-refractivity contribution is 5.95. The Balaban J connectivity index is 2.21. The predicted octanol–water partition coefficient (Wildman–Crippen LogP) is 0.523. The molecule has 0 fully saturated rings. The molecule has 2 N–H and O–H groups in total. The van der Waals surface area contributed by atoms with E-state index in [4.69, 9.17) is 5.11 Å². The third kappa shape index (κ3) is 3.37. The van der Waals surface area contributed by atoms with Crippen molar-refractivity contribution in [2.45, 2.75) is 6.54 Å². The molecule has 1 aromatic carbocycles. The molecule has 0 aliphatic heterocycles. The van der Waals surface area contributed by atoms with Crippen molar-refractivity contribution in [2.75, 3.05) is 5.32 Å². The second kappa shape index (κ2) is 5.77. The highest BCUT2D eigenvalue weighted by Crippen LogP contribution is 2.25. The number of hydrogen-bond acceptors (Lipinski definition) is 6. The molecule has 0 aliphatic rings. The fraction of sp³-hybridized carbons (Fsp3) is 0.0909. The van der Waals surface area contributed by atoms with Crippen LogP contribution in [0.2, 0.25) is 0 Å². The Bertz CT molecular complexity index is 697. The molecule has 0 radical (unpaired) electrons. The van der Waals surface area contributed by atoms with Gasteiger partial charge in [-0.3, -0.25) is 14.9 Å². The van der Waals surface area contributed by atoms with E-state index >= 15 is 0 Å². The summed E-state index contributed by atoms with van der Waals surface area (Å²) >= 11 is 0. The fourth-order valence-corrected chi connectivity index (χ4v) is 1.57. The minimum Gasteiger partial charge on any atom is -0.478 e. The molecular formula is C11H9N5O5. The lowest BCUT2D eigenvalue weighted by Crippen LogP contribution is -2.19. The predicted molar refractivity (Wildman–Crippen MR) is 68.7 cm³/mol. The Morgan fingerprint density at radius 3 is 2.76 bits per heavy atom. The monoisotopic (exact) mass is 291 g/mol. The van der Waals surface area contributed by atoms with Crippen LogP contribution in [0.15, 0.2) is 30.9 Å². The molecule has 0 bridgehead atoms. The maximum atomic E-state index is 11.7. The van der Waals surface area contributed by atoms with Crippen molar-refractivity contribution in [1.29, 1.82) is 0 Å². The number of nitro groups is 1. The van der Waals surface area contributed by atoms with Crippen LogP contribution in [0.1, 0.15) is 10.4 Å². The van der Waals surface area contributed by atoms with E-state index in [2.05, 4.69) is 15.4 Å². The normalized spacial score (nSPS) is 10.1. The first-order chi connectivity index (χ1) is 9.97. The van der Waals surface area contributed by atoms with Crippen LogP contribution in [-0.4, -0.2) is 36.7 Å². The second-order valence-corrected chi connectivity index (χ2v) is 3.94. The number of aromatic carboxylic acids is 1. The van der Waals surface area contributed by atoms with Gasteiger partial charge in [-0.15, -0.1) is 0 Å². The minimum atomic E-state index is -1.29. The highest BCUT2D eigenvalue weighted by Gasteiger charge is 2.19. The van der Waals surface area contributed by atoms with Gasteiger partial charge in [0.2, 0.25) is 5.91 Å². The molecule has 21 heavy (non-hydrogen) atoms. The van der Waals surface area contributed by atoms with Crippen molar-refractivity contribution >= 4 is 23.3 Å². The number of aromatic nitrogens is 3. The van der Waals surface area contributed by atoms with Crippen molar-refractivity contribution in [3.63, 3.8) is 0 Å². The molecule has 2 aromatic rings. The standard InChI is InChI=1S/C11H9N5O5/c17-10(4-15-6-12-5-13-15)14-8-2-1-7(11(18)19)3-9(8)16(20)21/h1-3,5-6H,4H2,(H,14,17)(H,18,19). The van der Waals surface area contributed by atoms with Crippen LogP contribution in [0.5, 0.6) is 0 Å². The number of nitrogens with zero attached hydrogens (tertiary/aromatic N) is 4. The van der Waals surface area contributed by atoms with Crippen LogP contribution in [0.4, 0.5) is 11.4 Å². The van der Waals surface area contributed by atoms with Crippen LogP contribution in [0.25, 0.3) is 0 Å². The van der Waals surface area contributed by atoms with Gasteiger partial charge in [0.1, 0.15) is 24.9 Å². The molecule has 0 saturated heterocycles. The summed E-state index contributed by atoms with van der Waals surface area (Å²) in [5.74, 6) is -1.84. The average Bonchev–Trinajstić information content (AvgIpc) is 2.91. The quantitative estimate of drug-likeness (QED) is 0.604. The Kier molecular flexibility index (Phi) is 3.88. The number of hydrogen-bond donors (Lipinski definition) is 2. The number of nitro benzene ring substituents is 1. The molecule has 1 heterocycles. The number of carbonyl (C=O) groups excluding carboxylic acids is 1. The van der Waals surface area contributed by atoms with E-state index in [1.807, 2.05) is 0 Å². The number of nitrogens with one attached hydrogen (secondary N) is 1. The molecule has 0 spiro atoms. The fourth-order valence-electron chi connectivity index (χ4n) is 1.57. The number of carbonyl (C=O) groups is 2. The summed E-state index contributed by atoms with van der Waals surface area (Å²) in [5, 5.41) is 25.8. The van der Waals surface area contributed by atoms with Gasteiger partial charge in [0.05, 0.1) is 10.5 Å². The Labute approximate surface area is 117 Å². The van der Waals surface area contributed by atoms with Crippen LogP contribution in [0, 0.1) is 10.1 Å². The lowest BCUT2D eigenvalue weighted by atomic mass is 10.1. The highest BCUT2D eigenvalue weighted by atomic mass is 16.6. The molecule has 0 atom stereocenters. The zero-order valence-corrected chi connectivity index (χ0v) is 10.5. The van der Waals surface area contributed by atoms with Gasteiger partial charge in [0.15, 0.2) is 0 Å². The van der Waals surface area contributed by atoms with Gasteiger partial charge >= 0.3 is 5.97 Å². The summed E-state index contributed by atoms with van der Waals surface area (Å²) in [5.41, 5.74) is -0.826. The smallest absolute Gasteiger partial charge is 0.335 e. The number of carboxylic acid groups (broad SMARTS) is 1. The molecule has 0 saturated carbocycles. The number of anilines is 1. The number of rotatable bonds is 5. The molecule has 10 nitrogen and oxygen atoms in total. The van der Waals surface area contributed by atoms with E-state index in [0.29, 0.717) is 0 Å². The van der Waals surface area contributed by atoms with Crippen molar-refractivity contribution in [3.05, 3.63) is 46.5 Å². The van der Waals surface area contributed by atoms with Crippen molar-refractivity contribution in [3.8, 4) is 0 Å². The van der Waals surface area contributed by atoms with Crippen LogP contribution >= 0.6 is 0 Å². The number of carboxylic acids is 1. The SMILES string of the molecule is O=C(Cn1cncn1)Nc1ccc(C(=O)O)cc1[N+](=O)[O-]. The van der Waals surface area contributed by atoms with Crippen molar-refractivity contribution < 1.29 is 19.6 Å². The van der Waals surface area contributed by atoms with E-state index in [-0.39, 0.29) is 17.8 Å². The zero-order chi connectivity index (χ0) is 15.4. The lowest BCUT2D eigenvalue weighted by molar-refractivity contribution is -0.384. The van der Waals surface area contributed by atoms with Gasteiger partial charge in [-0.2, -0.15) is 5.10 Å². The Hall–Kier alpha value is -3.30. The van der Waals surface area contributed by atoms with Gasteiger partial charge in [0.25, 0.3) is 5.69 Å². The first kappa shape index (κ1) is 14.1. The van der Waals surface area contributed by atoms with Gasteiger partial charge in [-0.05, 0) is 12.1 Å². The maximum absolute atomic E-state index is 11.7. The minimum absolute atomic E-state index is 0.0879. The molecule has 2 rings (SSSR count). The van der Waals surface area contributed by atoms with Crippen LogP contribution in [-0.2, 0) is 11.3 Å². The van der Waals surface area contributed by atoms with Crippen LogP contribution in [0.3, 0.4) is 0 Å². The van der Waals surface area contributed by atoms with Gasteiger partial charge < -0.3 is 10.4 Å². The number of amides is 1. The summed E-state index contributed by atoms with van der Waals surface area (Å²) in [7, 11) is 0. The Morgan fingerprint density at radius 1 is 1.43 bits per heavy atom. The molecule has 0 aliphatic carbocycles. The zero-order valence-electron chi connectivity index (χ0n) is 10.5. The van der Waals surface area contributed by atoms with Gasteiger partial charge in [-0.1, -0.05) is 0 Å². The van der Waals surface area contributed by atoms with E-state index in [1.165, 1.54) is 29.5 Å². The summed E-state index contributed by atoms with van der Waals surface area (Å²) in [6.45, 7) is -0.169. The summed E-state index contributed by atoms with van der Waals surface area (Å²) in [6.07, 6.45) is 2.57. The van der Waals surface area contributed by atoms with E-state index in [0.717, 1.165) is 6.07 Å². The topological polar surface area (TPSA) is 140 Å². The summed E-state index contributed by atoms with van der Waals surface area (Å²) < 4.78 is 1.24. The molecule has 0 unspecified atom stereocenters. The molecule has 108 valence electrons. The third-order valence-corrected chi connectivity index (χ3v) is 2.49. The van der Waals surface area contributed by atoms with Crippen molar-refractivity contribution in [2.24, 2.45) is 0 Å². The van der Waals surface area contributed by atoms with Crippen LogP contribution < -0.4 is 5.32 Å². The molecule has 1 amide bonds. The van der Waals surface area contributed by atoms with E-state index in [1.54, 1.807) is 0 Å². The second-order valence-electron chi connectivity index (χ2n) is 3.94. The Morgan fingerprint density at radius 2 is 2.19 bits per heavy atom. The first-order valence-electron chi connectivity index (χ1n) is 5.61. The largest absolute Gasteiger partial charge is 0.478 e. The average molecular weight is 291 g/mol.